The van der Waals surface area contributed by atoms with Crippen LogP contribution in [0.25, 0.3) is 0 Å². The molecule has 0 spiro atoms. The van der Waals surface area contributed by atoms with Crippen molar-refractivity contribution in [2.45, 2.75) is 51.2 Å². The molecular weight excluding hydrogens is 250 g/mol. The van der Waals surface area contributed by atoms with Gasteiger partial charge < -0.3 is 0 Å². The molecule has 2 rings (SSSR count). The molecule has 4 heteroatoms. The predicted molar refractivity (Wildman–Crippen MR) is 74.8 cm³/mol. The Morgan fingerprint density at radius 2 is 2.18 bits per heavy atom. The summed E-state index contributed by atoms with van der Waals surface area (Å²) in [5, 5.41) is 3.23. The van der Waals surface area contributed by atoms with E-state index < -0.39 is 10.8 Å². The van der Waals surface area contributed by atoms with Crippen molar-refractivity contribution < 1.29 is 4.21 Å². The van der Waals surface area contributed by atoms with Crippen molar-refractivity contribution in [2.75, 3.05) is 5.75 Å². The summed E-state index contributed by atoms with van der Waals surface area (Å²) in [4.78, 5) is 4.49. The molecule has 17 heavy (non-hydrogen) atoms. The number of hydrogen-bond donors (Lipinski definition) is 0. The second-order valence-electron chi connectivity index (χ2n) is 4.84. The van der Waals surface area contributed by atoms with Gasteiger partial charge in [-0.15, -0.1) is 11.3 Å². The van der Waals surface area contributed by atoms with E-state index in [0.29, 0.717) is 11.7 Å². The molecular formula is C13H21NOS2. The maximum Gasteiger partial charge on any atom is 0.0925 e. The van der Waals surface area contributed by atoms with Crippen molar-refractivity contribution in [2.24, 2.45) is 5.92 Å². The van der Waals surface area contributed by atoms with Crippen LogP contribution in [0.2, 0.25) is 0 Å². The number of rotatable bonds is 5. The molecule has 0 saturated heterocycles. The quantitative estimate of drug-likeness (QED) is 0.820. The van der Waals surface area contributed by atoms with Gasteiger partial charge in [0.1, 0.15) is 0 Å². The van der Waals surface area contributed by atoms with E-state index in [1.807, 2.05) is 0 Å². The molecule has 0 N–H and O–H groups in total. The molecule has 0 unspecified atom stereocenters. The lowest BCUT2D eigenvalue weighted by Gasteiger charge is -2.20. The summed E-state index contributed by atoms with van der Waals surface area (Å²) in [6.45, 7) is 2.11. The second-order valence-corrected chi connectivity index (χ2v) is 7.29. The van der Waals surface area contributed by atoms with Gasteiger partial charge >= 0.3 is 0 Å². The van der Waals surface area contributed by atoms with Gasteiger partial charge in [-0.2, -0.15) is 0 Å². The maximum atomic E-state index is 12.1. The smallest absolute Gasteiger partial charge is 0.0925 e. The molecule has 0 aromatic carbocycles. The lowest BCUT2D eigenvalue weighted by molar-refractivity contribution is 0.388. The van der Waals surface area contributed by atoms with Crippen molar-refractivity contribution in [1.82, 2.24) is 4.98 Å². The van der Waals surface area contributed by atoms with Gasteiger partial charge in [0.15, 0.2) is 0 Å². The first kappa shape index (κ1) is 13.2. The van der Waals surface area contributed by atoms with E-state index in [1.54, 1.807) is 11.3 Å². The van der Waals surface area contributed by atoms with Crippen LogP contribution in [0, 0.1) is 5.92 Å². The first-order chi connectivity index (χ1) is 8.28. The third-order valence-corrected chi connectivity index (χ3v) is 5.86. The topological polar surface area (TPSA) is 30.0 Å². The van der Waals surface area contributed by atoms with E-state index in [-0.39, 0.29) is 0 Å². The van der Waals surface area contributed by atoms with Gasteiger partial charge in [0.05, 0.1) is 16.5 Å². The van der Waals surface area contributed by atoms with E-state index in [0.717, 1.165) is 22.9 Å². The lowest BCUT2D eigenvalue weighted by Crippen LogP contribution is -2.15. The Labute approximate surface area is 110 Å². The number of aryl methyl sites for hydroxylation is 1. The van der Waals surface area contributed by atoms with Crippen LogP contribution in [0.3, 0.4) is 0 Å². The van der Waals surface area contributed by atoms with Gasteiger partial charge in [-0.3, -0.25) is 4.21 Å². The predicted octanol–water partition coefficient (Wildman–Crippen LogP) is 3.53. The molecule has 1 saturated carbocycles. The van der Waals surface area contributed by atoms with Gasteiger partial charge in [-0.05, 0) is 25.2 Å². The molecule has 96 valence electrons. The fourth-order valence-corrected chi connectivity index (χ4v) is 4.72. The summed E-state index contributed by atoms with van der Waals surface area (Å²) in [6.07, 6.45) is 7.58. The van der Waals surface area contributed by atoms with E-state index in [9.17, 15) is 4.21 Å². The zero-order valence-electron chi connectivity index (χ0n) is 10.5. The van der Waals surface area contributed by atoms with Crippen LogP contribution in [0.1, 0.15) is 49.7 Å². The highest BCUT2D eigenvalue weighted by atomic mass is 32.2. The Balaban J connectivity index is 1.79. The molecule has 0 aliphatic heterocycles. The molecule has 1 aliphatic rings. The summed E-state index contributed by atoms with van der Waals surface area (Å²) >= 11 is 1.69. The van der Waals surface area contributed by atoms with Gasteiger partial charge in [0, 0.05) is 21.9 Å². The molecule has 0 radical (unpaired) electrons. The minimum atomic E-state index is -0.713. The van der Waals surface area contributed by atoms with E-state index in [4.69, 9.17) is 0 Å². The van der Waals surface area contributed by atoms with Crippen molar-refractivity contribution in [3.8, 4) is 0 Å². The Kier molecular flexibility index (Phi) is 5.16. The number of nitrogens with zero attached hydrogens (tertiary/aromatic N) is 1. The molecule has 2 nitrogen and oxygen atoms in total. The average Bonchev–Trinajstić information content (AvgIpc) is 2.78. The molecule has 0 amide bonds. The first-order valence-corrected chi connectivity index (χ1v) is 8.93. The third-order valence-electron chi connectivity index (χ3n) is 3.36. The van der Waals surface area contributed by atoms with Crippen LogP contribution in [-0.4, -0.2) is 14.9 Å². The van der Waals surface area contributed by atoms with Crippen LogP contribution in [0.15, 0.2) is 5.38 Å². The Bertz CT molecular complexity index is 369. The number of hydrogen-bond acceptors (Lipinski definition) is 3. The zero-order valence-corrected chi connectivity index (χ0v) is 12.1. The highest BCUT2D eigenvalue weighted by Gasteiger charge is 2.16. The minimum absolute atomic E-state index is 0.660. The van der Waals surface area contributed by atoms with Gasteiger partial charge in [-0.25, -0.2) is 4.98 Å². The Hall–Kier alpha value is -0.220. The van der Waals surface area contributed by atoms with Crippen molar-refractivity contribution >= 4 is 22.1 Å². The molecule has 1 atom stereocenters. The maximum absolute atomic E-state index is 12.1. The summed E-state index contributed by atoms with van der Waals surface area (Å²) in [7, 11) is -0.713. The average molecular weight is 271 g/mol. The SMILES string of the molecule is CCc1nc(C[S@](=O)CC2CCCCC2)cs1. The monoisotopic (exact) mass is 271 g/mol. The van der Waals surface area contributed by atoms with Crippen LogP contribution < -0.4 is 0 Å². The normalized spacial score (nSPS) is 19.4. The van der Waals surface area contributed by atoms with Crippen LogP contribution >= 0.6 is 11.3 Å². The highest BCUT2D eigenvalue weighted by Crippen LogP contribution is 2.25. The van der Waals surface area contributed by atoms with E-state index in [2.05, 4.69) is 17.3 Å². The summed E-state index contributed by atoms with van der Waals surface area (Å²) in [6, 6.07) is 0. The summed E-state index contributed by atoms with van der Waals surface area (Å²) in [5.74, 6) is 2.25. The largest absolute Gasteiger partial charge is 0.259 e. The summed E-state index contributed by atoms with van der Waals surface area (Å²) < 4.78 is 12.1. The van der Waals surface area contributed by atoms with Crippen molar-refractivity contribution in [1.29, 1.82) is 0 Å². The van der Waals surface area contributed by atoms with Crippen molar-refractivity contribution in [3.05, 3.63) is 16.1 Å². The number of aromatic nitrogens is 1. The molecule has 1 heterocycles. The molecule has 1 fully saturated rings. The van der Waals surface area contributed by atoms with Gasteiger partial charge in [0.2, 0.25) is 0 Å². The van der Waals surface area contributed by atoms with Crippen LogP contribution in [0.4, 0.5) is 0 Å². The molecule has 1 aromatic rings. The second kappa shape index (κ2) is 6.64. The molecule has 1 aromatic heterocycles. The first-order valence-electron chi connectivity index (χ1n) is 6.56. The minimum Gasteiger partial charge on any atom is -0.259 e. The number of thiazole rings is 1. The van der Waals surface area contributed by atoms with E-state index in [1.165, 1.54) is 32.1 Å². The molecule has 0 bridgehead atoms. The van der Waals surface area contributed by atoms with Crippen LogP contribution in [-0.2, 0) is 23.0 Å². The van der Waals surface area contributed by atoms with E-state index >= 15 is 0 Å². The van der Waals surface area contributed by atoms with Gasteiger partial charge in [0.25, 0.3) is 0 Å². The Morgan fingerprint density at radius 1 is 1.41 bits per heavy atom. The van der Waals surface area contributed by atoms with Gasteiger partial charge in [-0.1, -0.05) is 26.2 Å². The fourth-order valence-electron chi connectivity index (χ4n) is 2.42. The van der Waals surface area contributed by atoms with Crippen molar-refractivity contribution in [3.63, 3.8) is 0 Å². The lowest BCUT2D eigenvalue weighted by atomic mass is 9.91. The van der Waals surface area contributed by atoms with Crippen LogP contribution in [0.5, 0.6) is 0 Å². The fraction of sp³-hybridized carbons (Fsp3) is 0.769. The Morgan fingerprint density at radius 3 is 2.82 bits per heavy atom. The molecule has 1 aliphatic carbocycles. The summed E-state index contributed by atoms with van der Waals surface area (Å²) in [5.41, 5.74) is 1.03. The standard InChI is InChI=1S/C13H21NOS2/c1-2-13-14-12(8-16-13)10-17(15)9-11-6-4-3-5-7-11/h8,11H,2-7,9-10H2,1H3/t17-/m1/s1. The third kappa shape index (κ3) is 4.18. The highest BCUT2D eigenvalue weighted by molar-refractivity contribution is 7.84. The zero-order chi connectivity index (χ0) is 12.1.